The number of rotatable bonds is 5. The van der Waals surface area contributed by atoms with Crippen LogP contribution in [0.15, 0.2) is 53.4 Å². The molecule has 2 N–H and O–H groups in total. The molecule has 0 heterocycles. The van der Waals surface area contributed by atoms with Gasteiger partial charge in [0.05, 0.1) is 4.90 Å². The van der Waals surface area contributed by atoms with Gasteiger partial charge in [-0.25, -0.2) is 8.42 Å². The fraction of sp³-hybridized carbons (Fsp3) is 0.381. The molecule has 2 aromatic carbocycles. The van der Waals surface area contributed by atoms with Crippen LogP contribution >= 0.6 is 0 Å². The van der Waals surface area contributed by atoms with E-state index in [1.807, 2.05) is 19.1 Å². The Hall–Kier alpha value is -2.34. The van der Waals surface area contributed by atoms with Crippen molar-refractivity contribution in [1.29, 1.82) is 0 Å². The summed E-state index contributed by atoms with van der Waals surface area (Å²) in [5.74, 6) is 0.221. The summed E-state index contributed by atoms with van der Waals surface area (Å²) in [6.45, 7) is 4.09. The Morgan fingerprint density at radius 3 is 2.44 bits per heavy atom. The average molecular weight is 387 g/mol. The largest absolute Gasteiger partial charge is 0.349 e. The van der Waals surface area contributed by atoms with E-state index in [0.29, 0.717) is 17.2 Å². The first-order valence-electron chi connectivity index (χ1n) is 9.35. The van der Waals surface area contributed by atoms with E-state index < -0.39 is 10.0 Å². The fourth-order valence-electron chi connectivity index (χ4n) is 3.42. The number of sulfonamides is 1. The molecule has 0 aliphatic heterocycles. The van der Waals surface area contributed by atoms with E-state index in [1.54, 1.807) is 24.3 Å². The maximum atomic E-state index is 12.7. The summed E-state index contributed by atoms with van der Waals surface area (Å²) in [7, 11) is -3.76. The smallest absolute Gasteiger partial charge is 0.261 e. The van der Waals surface area contributed by atoms with Gasteiger partial charge in [-0.2, -0.15) is 0 Å². The lowest BCUT2D eigenvalue weighted by molar-refractivity contribution is 0.0910. The van der Waals surface area contributed by atoms with E-state index in [2.05, 4.69) is 17.0 Å². The van der Waals surface area contributed by atoms with Gasteiger partial charge in [-0.3, -0.25) is 9.52 Å². The maximum Gasteiger partial charge on any atom is 0.261 e. The number of carbonyl (C=O) groups excluding carboxylic acids is 1. The minimum Gasteiger partial charge on any atom is -0.349 e. The van der Waals surface area contributed by atoms with Crippen molar-refractivity contribution in [1.82, 2.24) is 5.32 Å². The number of benzene rings is 2. The maximum absolute atomic E-state index is 12.7. The van der Waals surface area contributed by atoms with Crippen molar-refractivity contribution in [3.63, 3.8) is 0 Å². The molecule has 2 atom stereocenters. The molecule has 1 fully saturated rings. The molecule has 6 heteroatoms. The van der Waals surface area contributed by atoms with Gasteiger partial charge in [0.25, 0.3) is 15.9 Å². The second kappa shape index (κ2) is 8.13. The Morgan fingerprint density at radius 1 is 1.04 bits per heavy atom. The minimum absolute atomic E-state index is 0.0763. The minimum atomic E-state index is -3.76. The van der Waals surface area contributed by atoms with E-state index in [-0.39, 0.29) is 16.8 Å². The van der Waals surface area contributed by atoms with E-state index >= 15 is 0 Å². The molecule has 2 aromatic rings. The summed E-state index contributed by atoms with van der Waals surface area (Å²) in [6, 6.07) is 13.4. The van der Waals surface area contributed by atoms with Crippen molar-refractivity contribution in [2.45, 2.75) is 50.5 Å². The highest BCUT2D eigenvalue weighted by Gasteiger charge is 2.24. The molecule has 0 saturated heterocycles. The number of amides is 1. The van der Waals surface area contributed by atoms with Crippen molar-refractivity contribution in [2.24, 2.45) is 5.92 Å². The van der Waals surface area contributed by atoms with E-state index in [4.69, 9.17) is 0 Å². The third-order valence-electron chi connectivity index (χ3n) is 5.14. The molecule has 0 unspecified atom stereocenters. The molecular formula is C21H26N2O3S. The molecule has 3 rings (SSSR count). The van der Waals surface area contributed by atoms with E-state index in [0.717, 1.165) is 24.8 Å². The predicted octanol–water partition coefficient (Wildman–Crippen LogP) is 4.10. The lowest BCUT2D eigenvalue weighted by atomic mass is 9.86. The van der Waals surface area contributed by atoms with Crippen molar-refractivity contribution in [3.8, 4) is 0 Å². The van der Waals surface area contributed by atoms with Crippen LogP contribution in [0.3, 0.4) is 0 Å². The van der Waals surface area contributed by atoms with Gasteiger partial charge >= 0.3 is 0 Å². The van der Waals surface area contributed by atoms with Crippen LogP contribution in [0.25, 0.3) is 0 Å². The predicted molar refractivity (Wildman–Crippen MR) is 107 cm³/mol. The Kier molecular flexibility index (Phi) is 5.85. The van der Waals surface area contributed by atoms with Crippen LogP contribution in [-0.2, 0) is 10.0 Å². The summed E-state index contributed by atoms with van der Waals surface area (Å²) in [5, 5.41) is 3.07. The van der Waals surface area contributed by atoms with Crippen LogP contribution < -0.4 is 10.0 Å². The molecule has 0 radical (unpaired) electrons. The third-order valence-corrected chi connectivity index (χ3v) is 6.52. The van der Waals surface area contributed by atoms with Crippen LogP contribution in [0.2, 0.25) is 0 Å². The molecule has 1 amide bonds. The van der Waals surface area contributed by atoms with Gasteiger partial charge < -0.3 is 5.32 Å². The molecule has 1 aliphatic carbocycles. The van der Waals surface area contributed by atoms with Crippen molar-refractivity contribution < 1.29 is 13.2 Å². The Morgan fingerprint density at radius 2 is 1.74 bits per heavy atom. The van der Waals surface area contributed by atoms with Crippen molar-refractivity contribution >= 4 is 21.6 Å². The molecule has 1 aliphatic rings. The zero-order valence-corrected chi connectivity index (χ0v) is 16.6. The fourth-order valence-corrected chi connectivity index (χ4v) is 4.53. The average Bonchev–Trinajstić information content (AvgIpc) is 2.65. The van der Waals surface area contributed by atoms with Crippen LogP contribution in [-0.4, -0.2) is 20.4 Å². The van der Waals surface area contributed by atoms with Crippen LogP contribution in [0.1, 0.15) is 48.5 Å². The zero-order chi connectivity index (χ0) is 19.4. The summed E-state index contributed by atoms with van der Waals surface area (Å²) in [5.41, 5.74) is 1.90. The first-order chi connectivity index (χ1) is 12.8. The number of carbonyl (C=O) groups is 1. The summed E-state index contributed by atoms with van der Waals surface area (Å²) < 4.78 is 27.9. The molecule has 0 bridgehead atoms. The number of anilines is 1. The van der Waals surface area contributed by atoms with Crippen LogP contribution in [0.5, 0.6) is 0 Å². The Balaban J connectivity index is 1.75. The van der Waals surface area contributed by atoms with Crippen LogP contribution in [0, 0.1) is 12.8 Å². The van der Waals surface area contributed by atoms with Crippen molar-refractivity contribution in [3.05, 3.63) is 59.7 Å². The van der Waals surface area contributed by atoms with E-state index in [1.165, 1.54) is 18.6 Å². The standard InChI is InChI=1S/C21H26N2O3S/c1-15-10-12-18(13-11-15)23-27(25,26)19-8-5-7-17(14-19)21(24)22-20-9-4-3-6-16(20)2/h5,7-8,10-14,16,20,23H,3-4,6,9H2,1-2H3,(H,22,24)/t16-,20+/m0/s1. The first-order valence-corrected chi connectivity index (χ1v) is 10.8. The van der Waals surface area contributed by atoms with Crippen molar-refractivity contribution in [2.75, 3.05) is 4.72 Å². The van der Waals surface area contributed by atoms with Gasteiger partial charge in [-0.05, 0) is 56.0 Å². The molecule has 0 aromatic heterocycles. The van der Waals surface area contributed by atoms with E-state index in [9.17, 15) is 13.2 Å². The topological polar surface area (TPSA) is 75.3 Å². The van der Waals surface area contributed by atoms with Gasteiger partial charge in [0, 0.05) is 17.3 Å². The van der Waals surface area contributed by atoms with Gasteiger partial charge in [0.1, 0.15) is 0 Å². The molecule has 0 spiro atoms. The van der Waals surface area contributed by atoms with Gasteiger partial charge in [-0.15, -0.1) is 0 Å². The zero-order valence-electron chi connectivity index (χ0n) is 15.7. The van der Waals surface area contributed by atoms with Crippen LogP contribution in [0.4, 0.5) is 5.69 Å². The second-order valence-electron chi connectivity index (χ2n) is 7.34. The second-order valence-corrected chi connectivity index (χ2v) is 9.02. The highest BCUT2D eigenvalue weighted by atomic mass is 32.2. The molecular weight excluding hydrogens is 360 g/mol. The lowest BCUT2D eigenvalue weighted by Gasteiger charge is -2.29. The summed E-state index contributed by atoms with van der Waals surface area (Å²) >= 11 is 0. The first kappa shape index (κ1) is 19.4. The summed E-state index contributed by atoms with van der Waals surface area (Å²) in [4.78, 5) is 12.7. The number of aryl methyl sites for hydroxylation is 1. The number of hydrogen-bond acceptors (Lipinski definition) is 3. The molecule has 1 saturated carbocycles. The Bertz CT molecular complexity index is 907. The number of nitrogens with one attached hydrogen (secondary N) is 2. The third kappa shape index (κ3) is 4.89. The Labute approximate surface area is 161 Å². The van der Waals surface area contributed by atoms with Gasteiger partial charge in [0.15, 0.2) is 0 Å². The summed E-state index contributed by atoms with van der Waals surface area (Å²) in [6.07, 6.45) is 4.40. The SMILES string of the molecule is Cc1ccc(NS(=O)(=O)c2cccc(C(=O)N[C@@H]3CCCC[C@@H]3C)c2)cc1. The highest BCUT2D eigenvalue weighted by molar-refractivity contribution is 7.92. The molecule has 144 valence electrons. The highest BCUT2D eigenvalue weighted by Crippen LogP contribution is 2.24. The lowest BCUT2D eigenvalue weighted by Crippen LogP contribution is -2.41. The monoisotopic (exact) mass is 386 g/mol. The molecule has 5 nitrogen and oxygen atoms in total. The molecule has 27 heavy (non-hydrogen) atoms. The normalized spacial score (nSPS) is 20.1. The number of hydrogen-bond donors (Lipinski definition) is 2. The quantitative estimate of drug-likeness (QED) is 0.812. The van der Waals surface area contributed by atoms with Gasteiger partial charge in [-0.1, -0.05) is 43.5 Å². The van der Waals surface area contributed by atoms with Gasteiger partial charge in [0.2, 0.25) is 0 Å².